The van der Waals surface area contributed by atoms with Gasteiger partial charge < -0.3 is 20.1 Å². The van der Waals surface area contributed by atoms with Gasteiger partial charge in [0.15, 0.2) is 0 Å². The number of para-hydroxylation sites is 1. The fourth-order valence-electron chi connectivity index (χ4n) is 7.17. The number of imide groups is 1. The van der Waals surface area contributed by atoms with Crippen LogP contribution in [0.25, 0.3) is 6.08 Å². The van der Waals surface area contributed by atoms with Gasteiger partial charge in [0.25, 0.3) is 0 Å². The van der Waals surface area contributed by atoms with Crippen molar-refractivity contribution in [2.24, 2.45) is 23.7 Å². The minimum absolute atomic E-state index is 0.161. The Hall–Kier alpha value is -4.14. The molecule has 0 unspecified atom stereocenters. The predicted octanol–water partition coefficient (Wildman–Crippen LogP) is 6.98. The molecule has 3 aromatic carbocycles. The fourth-order valence-corrected chi connectivity index (χ4v) is 7.17. The second-order valence-corrected chi connectivity index (χ2v) is 12.6. The van der Waals surface area contributed by atoms with Crippen LogP contribution < -0.4 is 10.2 Å². The highest BCUT2D eigenvalue weighted by Crippen LogP contribution is 2.52. The van der Waals surface area contributed by atoms with E-state index in [1.165, 1.54) is 10.5 Å². The molecular formula is C36H39BN2O5. The van der Waals surface area contributed by atoms with E-state index in [4.69, 9.17) is 4.65 Å². The van der Waals surface area contributed by atoms with Gasteiger partial charge in [-0.1, -0.05) is 61.4 Å². The summed E-state index contributed by atoms with van der Waals surface area (Å²) in [6.45, 7) is 6.33. The number of anilines is 3. The topological polar surface area (TPSA) is 99.1 Å². The summed E-state index contributed by atoms with van der Waals surface area (Å²) in [5.74, 6) is -1.15. The molecule has 0 spiro atoms. The maximum Gasteiger partial charge on any atom is 0.455 e. The molecule has 0 saturated carbocycles. The molecule has 7 nitrogen and oxygen atoms in total. The summed E-state index contributed by atoms with van der Waals surface area (Å²) >= 11 is 0. The lowest BCUT2D eigenvalue weighted by Crippen LogP contribution is -2.46. The number of carbonyl (C=O) groups excluding carboxylic acids is 2. The quantitative estimate of drug-likeness (QED) is 0.149. The second kappa shape index (κ2) is 12.5. The van der Waals surface area contributed by atoms with Crippen LogP contribution in [0, 0.1) is 23.7 Å². The Bertz CT molecular complexity index is 1580. The van der Waals surface area contributed by atoms with Crippen molar-refractivity contribution in [1.29, 1.82) is 0 Å². The summed E-state index contributed by atoms with van der Waals surface area (Å²) in [5.41, 5.74) is 6.84. The molecule has 2 saturated heterocycles. The third kappa shape index (κ3) is 5.97. The van der Waals surface area contributed by atoms with Crippen molar-refractivity contribution < 1.29 is 24.4 Å². The third-order valence-electron chi connectivity index (χ3n) is 9.24. The minimum Gasteiger partial charge on any atom is -0.508 e. The Morgan fingerprint density at radius 2 is 1.66 bits per heavy atom. The van der Waals surface area contributed by atoms with Gasteiger partial charge in [0.1, 0.15) is 5.75 Å². The van der Waals surface area contributed by atoms with Crippen LogP contribution >= 0.6 is 0 Å². The molecular weight excluding hydrogens is 551 g/mol. The van der Waals surface area contributed by atoms with E-state index in [-0.39, 0.29) is 35.5 Å². The van der Waals surface area contributed by atoms with Gasteiger partial charge in [0, 0.05) is 11.4 Å². The summed E-state index contributed by atoms with van der Waals surface area (Å²) < 4.78 is 6.16. The molecule has 2 amide bonds. The van der Waals surface area contributed by atoms with Crippen LogP contribution in [0.4, 0.5) is 17.1 Å². The highest BCUT2D eigenvalue weighted by molar-refractivity contribution is 6.43. The van der Waals surface area contributed by atoms with Crippen molar-refractivity contribution in [3.05, 3.63) is 101 Å². The van der Waals surface area contributed by atoms with Crippen molar-refractivity contribution in [2.75, 3.05) is 10.2 Å². The lowest BCUT2D eigenvalue weighted by Gasteiger charge is -2.44. The molecule has 3 aliphatic rings. The number of rotatable bonds is 8. The molecule has 8 heteroatoms. The van der Waals surface area contributed by atoms with E-state index in [0.29, 0.717) is 24.8 Å². The Morgan fingerprint density at radius 3 is 2.34 bits per heavy atom. The number of amides is 2. The monoisotopic (exact) mass is 590 g/mol. The van der Waals surface area contributed by atoms with Crippen LogP contribution in [-0.2, 0) is 14.2 Å². The molecule has 2 aliphatic heterocycles. The van der Waals surface area contributed by atoms with Gasteiger partial charge in [-0.05, 0) is 104 Å². The summed E-state index contributed by atoms with van der Waals surface area (Å²) in [7, 11) is -0.998. The number of fused-ring (bicyclic) bond motifs is 3. The highest BCUT2D eigenvalue weighted by atomic mass is 16.5. The normalized spacial score (nSPS) is 23.7. The molecule has 3 aromatic rings. The Labute approximate surface area is 259 Å². The van der Waals surface area contributed by atoms with Gasteiger partial charge in [0.05, 0.1) is 23.6 Å². The van der Waals surface area contributed by atoms with Crippen molar-refractivity contribution in [1.82, 2.24) is 0 Å². The molecule has 3 N–H and O–H groups in total. The zero-order valence-electron chi connectivity index (χ0n) is 25.4. The highest BCUT2D eigenvalue weighted by Gasteiger charge is 2.57. The van der Waals surface area contributed by atoms with Gasteiger partial charge in [0.2, 0.25) is 11.8 Å². The van der Waals surface area contributed by atoms with E-state index in [1.807, 2.05) is 66.7 Å². The van der Waals surface area contributed by atoms with Crippen LogP contribution in [0.2, 0.25) is 6.32 Å². The number of nitrogens with zero attached hydrogens (tertiary/aromatic N) is 1. The number of phenolic OH excluding ortho intramolecular Hbond substituents is 1. The average molecular weight is 591 g/mol. The van der Waals surface area contributed by atoms with Crippen molar-refractivity contribution >= 4 is 42.1 Å². The number of allylic oxidation sites excluding steroid dienone is 2. The van der Waals surface area contributed by atoms with Gasteiger partial charge in [-0.25, -0.2) is 0 Å². The standard InChI is InChI=1S/C36H39BN2O5/c1-22(2)29-20-30-34(36(42)39(35(30)41)27-14-12-26(13-15-27)38-25-7-5-4-6-8-25)31-21-37(43)44-32(33(29)31)18-9-23(3)19-24-10-16-28(40)17-11-24/h4-8,10-17,19,22,30-32,34,38,40,43H,9,18,20-21H2,1-3H3/b23-19+/t30-,31+,32-,34-/m1/s1. The molecule has 226 valence electrons. The largest absolute Gasteiger partial charge is 0.508 e. The fraction of sp³-hybridized carbons (Fsp3) is 0.333. The zero-order valence-corrected chi connectivity index (χ0v) is 25.4. The molecule has 0 aromatic heterocycles. The van der Waals surface area contributed by atoms with Crippen LogP contribution in [-0.4, -0.2) is 35.2 Å². The molecule has 2 heterocycles. The van der Waals surface area contributed by atoms with Gasteiger partial charge >= 0.3 is 7.12 Å². The SMILES string of the molecule is C/C(=C\c1ccc(O)cc1)CC[C@H]1OB(O)C[C@H]2C1=C(C(C)C)C[C@H]1C(=O)N(c3ccc(Nc4ccccc4)cc3)C(=O)[C@H]12. The number of carbonyl (C=O) groups is 2. The maximum atomic E-state index is 14.1. The first-order valence-corrected chi connectivity index (χ1v) is 15.5. The first kappa shape index (κ1) is 29.9. The number of nitrogens with one attached hydrogen (secondary N) is 1. The Balaban J connectivity index is 1.24. The summed E-state index contributed by atoms with van der Waals surface area (Å²) in [6.07, 6.45) is 4.00. The van der Waals surface area contributed by atoms with Crippen LogP contribution in [0.15, 0.2) is 95.6 Å². The Kier molecular flexibility index (Phi) is 8.47. The molecule has 0 radical (unpaired) electrons. The number of aromatic hydroxyl groups is 1. The van der Waals surface area contributed by atoms with Crippen LogP contribution in [0.5, 0.6) is 5.75 Å². The molecule has 0 bridgehead atoms. The number of phenols is 1. The molecule has 2 fully saturated rings. The van der Waals surface area contributed by atoms with Gasteiger partial charge in [-0.15, -0.1) is 0 Å². The van der Waals surface area contributed by atoms with E-state index >= 15 is 0 Å². The number of hydrogen-bond acceptors (Lipinski definition) is 6. The van der Waals surface area contributed by atoms with Crippen LogP contribution in [0.3, 0.4) is 0 Å². The van der Waals surface area contributed by atoms with Crippen molar-refractivity contribution in [3.63, 3.8) is 0 Å². The first-order valence-electron chi connectivity index (χ1n) is 15.5. The van der Waals surface area contributed by atoms with Gasteiger partial charge in [-0.3, -0.25) is 14.5 Å². The number of benzene rings is 3. The number of hydrogen-bond donors (Lipinski definition) is 3. The van der Waals surface area contributed by atoms with E-state index in [1.54, 1.807) is 12.1 Å². The first-order chi connectivity index (χ1) is 21.2. The lowest BCUT2D eigenvalue weighted by atomic mass is 9.57. The van der Waals surface area contributed by atoms with Crippen molar-refractivity contribution in [3.8, 4) is 5.75 Å². The van der Waals surface area contributed by atoms with Crippen LogP contribution in [0.1, 0.15) is 45.6 Å². The summed E-state index contributed by atoms with van der Waals surface area (Å²) in [5, 5.41) is 23.8. The molecule has 4 atom stereocenters. The average Bonchev–Trinajstić information content (AvgIpc) is 3.26. The predicted molar refractivity (Wildman–Crippen MR) is 174 cm³/mol. The maximum absolute atomic E-state index is 14.1. The smallest absolute Gasteiger partial charge is 0.455 e. The zero-order chi connectivity index (χ0) is 31.0. The van der Waals surface area contributed by atoms with E-state index < -0.39 is 19.0 Å². The minimum atomic E-state index is -0.998. The van der Waals surface area contributed by atoms with E-state index in [9.17, 15) is 19.7 Å². The summed E-state index contributed by atoms with van der Waals surface area (Å²) in [4.78, 5) is 29.3. The van der Waals surface area contributed by atoms with Gasteiger partial charge in [-0.2, -0.15) is 0 Å². The lowest BCUT2D eigenvalue weighted by molar-refractivity contribution is -0.122. The molecule has 6 rings (SSSR count). The summed E-state index contributed by atoms with van der Waals surface area (Å²) in [6, 6.07) is 24.3. The van der Waals surface area contributed by atoms with E-state index in [2.05, 4.69) is 32.2 Å². The third-order valence-corrected chi connectivity index (χ3v) is 9.24. The molecule has 44 heavy (non-hydrogen) atoms. The second-order valence-electron chi connectivity index (χ2n) is 12.6. The Morgan fingerprint density at radius 1 is 0.977 bits per heavy atom. The van der Waals surface area contributed by atoms with E-state index in [0.717, 1.165) is 34.5 Å². The van der Waals surface area contributed by atoms with Crippen molar-refractivity contribution in [2.45, 2.75) is 52.5 Å². The molecule has 1 aliphatic carbocycles.